The summed E-state index contributed by atoms with van der Waals surface area (Å²) in [6.07, 6.45) is 1.12. The minimum atomic E-state index is -1.15. The summed E-state index contributed by atoms with van der Waals surface area (Å²) in [4.78, 5) is 0. The van der Waals surface area contributed by atoms with Gasteiger partial charge in [0.1, 0.15) is 5.67 Å². The summed E-state index contributed by atoms with van der Waals surface area (Å²) in [7, 11) is 0. The van der Waals surface area contributed by atoms with Gasteiger partial charge in [0.15, 0.2) is 0 Å². The summed E-state index contributed by atoms with van der Waals surface area (Å²) in [5.41, 5.74) is 6.47. The van der Waals surface area contributed by atoms with Crippen LogP contribution in [0.3, 0.4) is 0 Å². The first-order valence-electron chi connectivity index (χ1n) is 5.87. The molecule has 1 heterocycles. The Morgan fingerprint density at radius 2 is 1.81 bits per heavy atom. The highest BCUT2D eigenvalue weighted by molar-refractivity contribution is 5.29. The summed E-state index contributed by atoms with van der Waals surface area (Å²) in [5, 5.41) is 3.18. The van der Waals surface area contributed by atoms with Gasteiger partial charge in [-0.15, -0.1) is 0 Å². The van der Waals surface area contributed by atoms with Crippen LogP contribution in [0, 0.1) is 0 Å². The SMILES string of the molecule is CC(N)c1ccc(C2(F)CCNCC2)cc1. The van der Waals surface area contributed by atoms with Crippen LogP contribution in [0.5, 0.6) is 0 Å². The molecule has 2 nitrogen and oxygen atoms in total. The van der Waals surface area contributed by atoms with Gasteiger partial charge in [-0.3, -0.25) is 0 Å². The van der Waals surface area contributed by atoms with Crippen molar-refractivity contribution < 1.29 is 4.39 Å². The molecule has 1 aromatic rings. The maximum atomic E-state index is 14.6. The first-order valence-corrected chi connectivity index (χ1v) is 5.87. The average Bonchev–Trinajstić information content (AvgIpc) is 2.30. The molecule has 0 spiro atoms. The summed E-state index contributed by atoms with van der Waals surface area (Å²) in [6, 6.07) is 7.64. The molecule has 2 rings (SSSR count). The fourth-order valence-electron chi connectivity index (χ4n) is 2.20. The van der Waals surface area contributed by atoms with Gasteiger partial charge in [-0.1, -0.05) is 24.3 Å². The summed E-state index contributed by atoms with van der Waals surface area (Å²) in [6.45, 7) is 3.45. The van der Waals surface area contributed by atoms with E-state index in [-0.39, 0.29) is 6.04 Å². The molecule has 1 unspecified atom stereocenters. The lowest BCUT2D eigenvalue weighted by Gasteiger charge is -2.30. The van der Waals surface area contributed by atoms with Crippen LogP contribution in [0.15, 0.2) is 24.3 Å². The lowest BCUT2D eigenvalue weighted by atomic mass is 9.86. The molecule has 3 heteroatoms. The lowest BCUT2D eigenvalue weighted by Crippen LogP contribution is -2.36. The fraction of sp³-hybridized carbons (Fsp3) is 0.538. The average molecular weight is 222 g/mol. The van der Waals surface area contributed by atoms with Crippen LogP contribution in [0.2, 0.25) is 0 Å². The lowest BCUT2D eigenvalue weighted by molar-refractivity contribution is 0.115. The van der Waals surface area contributed by atoms with Crippen LogP contribution < -0.4 is 11.1 Å². The van der Waals surface area contributed by atoms with E-state index in [0.717, 1.165) is 24.2 Å². The molecule has 0 radical (unpaired) electrons. The summed E-state index contributed by atoms with van der Waals surface area (Å²) in [5.74, 6) is 0. The Morgan fingerprint density at radius 1 is 1.25 bits per heavy atom. The first kappa shape index (κ1) is 11.6. The van der Waals surface area contributed by atoms with Crippen LogP contribution in [0.4, 0.5) is 4.39 Å². The monoisotopic (exact) mass is 222 g/mol. The molecule has 0 bridgehead atoms. The number of halogens is 1. The van der Waals surface area contributed by atoms with Gasteiger partial charge in [-0.05, 0) is 44.0 Å². The van der Waals surface area contributed by atoms with Crippen molar-refractivity contribution in [1.82, 2.24) is 5.32 Å². The molecule has 1 aliphatic rings. The smallest absolute Gasteiger partial charge is 0.138 e. The minimum absolute atomic E-state index is 0.0117. The van der Waals surface area contributed by atoms with Crippen LogP contribution in [0.25, 0.3) is 0 Å². The van der Waals surface area contributed by atoms with Crippen molar-refractivity contribution in [1.29, 1.82) is 0 Å². The molecular formula is C13H19FN2. The number of hydrogen-bond donors (Lipinski definition) is 2. The molecule has 1 fully saturated rings. The largest absolute Gasteiger partial charge is 0.324 e. The first-order chi connectivity index (χ1) is 7.62. The second kappa shape index (κ2) is 4.52. The van der Waals surface area contributed by atoms with Crippen LogP contribution in [-0.2, 0) is 5.67 Å². The highest BCUT2D eigenvalue weighted by atomic mass is 19.1. The minimum Gasteiger partial charge on any atom is -0.324 e. The second-order valence-corrected chi connectivity index (χ2v) is 4.63. The molecule has 1 aromatic carbocycles. The van der Waals surface area contributed by atoms with E-state index in [9.17, 15) is 4.39 Å². The van der Waals surface area contributed by atoms with E-state index in [1.54, 1.807) is 0 Å². The fourth-order valence-corrected chi connectivity index (χ4v) is 2.20. The Hall–Kier alpha value is -0.930. The Bertz CT molecular complexity index is 339. The maximum absolute atomic E-state index is 14.6. The Kier molecular flexibility index (Phi) is 3.26. The van der Waals surface area contributed by atoms with Crippen molar-refractivity contribution in [3.63, 3.8) is 0 Å². The third-order valence-electron chi connectivity index (χ3n) is 3.35. The number of nitrogens with one attached hydrogen (secondary N) is 1. The van der Waals surface area contributed by atoms with Gasteiger partial charge in [0.05, 0.1) is 0 Å². The van der Waals surface area contributed by atoms with Gasteiger partial charge in [-0.2, -0.15) is 0 Å². The second-order valence-electron chi connectivity index (χ2n) is 4.63. The Labute approximate surface area is 96.0 Å². The number of hydrogen-bond acceptors (Lipinski definition) is 2. The van der Waals surface area contributed by atoms with E-state index in [2.05, 4.69) is 5.32 Å². The zero-order valence-corrected chi connectivity index (χ0v) is 9.67. The standard InChI is InChI=1S/C13H19FN2/c1-10(15)11-2-4-12(5-3-11)13(14)6-8-16-9-7-13/h2-5,10,16H,6-9,15H2,1H3. The molecule has 88 valence electrons. The third-order valence-corrected chi connectivity index (χ3v) is 3.35. The molecule has 0 aliphatic carbocycles. The Balaban J connectivity index is 2.20. The highest BCUT2D eigenvalue weighted by Crippen LogP contribution is 2.35. The van der Waals surface area contributed by atoms with E-state index in [1.807, 2.05) is 31.2 Å². The maximum Gasteiger partial charge on any atom is 0.138 e. The quantitative estimate of drug-likeness (QED) is 0.805. The molecule has 1 atom stereocenters. The van der Waals surface area contributed by atoms with E-state index in [4.69, 9.17) is 5.73 Å². The number of rotatable bonds is 2. The van der Waals surface area contributed by atoms with Crippen LogP contribution >= 0.6 is 0 Å². The molecular weight excluding hydrogens is 203 g/mol. The third kappa shape index (κ3) is 2.25. The molecule has 16 heavy (non-hydrogen) atoms. The topological polar surface area (TPSA) is 38.0 Å². The van der Waals surface area contributed by atoms with Gasteiger partial charge in [-0.25, -0.2) is 4.39 Å². The number of piperidine rings is 1. The van der Waals surface area contributed by atoms with Crippen molar-refractivity contribution in [2.75, 3.05) is 13.1 Å². The van der Waals surface area contributed by atoms with Crippen molar-refractivity contribution in [3.05, 3.63) is 35.4 Å². The van der Waals surface area contributed by atoms with E-state index >= 15 is 0 Å². The predicted octanol–water partition coefficient (Wildman–Crippen LogP) is 2.25. The van der Waals surface area contributed by atoms with Gasteiger partial charge in [0.25, 0.3) is 0 Å². The van der Waals surface area contributed by atoms with E-state index < -0.39 is 5.67 Å². The van der Waals surface area contributed by atoms with E-state index in [1.165, 1.54) is 0 Å². The summed E-state index contributed by atoms with van der Waals surface area (Å²) >= 11 is 0. The van der Waals surface area contributed by atoms with Crippen LogP contribution in [-0.4, -0.2) is 13.1 Å². The highest BCUT2D eigenvalue weighted by Gasteiger charge is 2.33. The number of alkyl halides is 1. The van der Waals surface area contributed by atoms with Crippen molar-refractivity contribution in [2.24, 2.45) is 5.73 Å². The van der Waals surface area contributed by atoms with Crippen molar-refractivity contribution >= 4 is 0 Å². The van der Waals surface area contributed by atoms with Crippen molar-refractivity contribution in [3.8, 4) is 0 Å². The zero-order chi connectivity index (χ0) is 11.6. The number of benzene rings is 1. The molecule has 0 amide bonds. The van der Waals surface area contributed by atoms with Crippen LogP contribution in [0.1, 0.15) is 36.9 Å². The zero-order valence-electron chi connectivity index (χ0n) is 9.67. The van der Waals surface area contributed by atoms with Gasteiger partial charge < -0.3 is 11.1 Å². The summed E-state index contributed by atoms with van der Waals surface area (Å²) < 4.78 is 14.6. The van der Waals surface area contributed by atoms with Crippen molar-refractivity contribution in [2.45, 2.75) is 31.5 Å². The van der Waals surface area contributed by atoms with Gasteiger partial charge in [0, 0.05) is 6.04 Å². The molecule has 0 saturated carbocycles. The van der Waals surface area contributed by atoms with Gasteiger partial charge in [0.2, 0.25) is 0 Å². The van der Waals surface area contributed by atoms with E-state index in [0.29, 0.717) is 12.8 Å². The molecule has 1 saturated heterocycles. The molecule has 0 aromatic heterocycles. The molecule has 3 N–H and O–H groups in total. The van der Waals surface area contributed by atoms with Gasteiger partial charge >= 0.3 is 0 Å². The normalized spacial score (nSPS) is 21.7. The molecule has 1 aliphatic heterocycles. The number of nitrogens with two attached hydrogens (primary N) is 1. The Morgan fingerprint density at radius 3 is 2.31 bits per heavy atom. The predicted molar refractivity (Wildman–Crippen MR) is 63.9 cm³/mol.